The second-order valence-corrected chi connectivity index (χ2v) is 3.04. The van der Waals surface area contributed by atoms with Gasteiger partial charge in [0.2, 0.25) is 0 Å². The molecule has 46 valence electrons. The fraction of sp³-hybridized carbons (Fsp3) is 0.143. The zero-order chi connectivity index (χ0) is 6.69. The molecular formula is C7H8OSn. The second-order valence-electron chi connectivity index (χ2n) is 1.87. The van der Waals surface area contributed by atoms with Crippen LogP contribution in [0.2, 0.25) is 0 Å². The minimum atomic E-state index is 0.354. The van der Waals surface area contributed by atoms with E-state index in [0.717, 1.165) is 4.44 Å². The van der Waals surface area contributed by atoms with Crippen molar-refractivity contribution in [2.24, 2.45) is 0 Å². The van der Waals surface area contributed by atoms with Crippen LogP contribution in [0.1, 0.15) is 5.56 Å². The van der Waals surface area contributed by atoms with Crippen LogP contribution in [-0.2, 0) is 4.44 Å². The van der Waals surface area contributed by atoms with Gasteiger partial charge in [0.15, 0.2) is 0 Å². The molecule has 0 aliphatic carbocycles. The molecule has 0 aliphatic heterocycles. The van der Waals surface area contributed by atoms with E-state index < -0.39 is 0 Å². The molecule has 2 radical (unpaired) electrons. The molecule has 0 saturated heterocycles. The molecule has 0 saturated carbocycles. The van der Waals surface area contributed by atoms with Gasteiger partial charge < -0.3 is 0 Å². The van der Waals surface area contributed by atoms with Crippen LogP contribution in [0.15, 0.2) is 24.3 Å². The minimum absolute atomic E-state index is 0.354. The van der Waals surface area contributed by atoms with E-state index in [2.05, 4.69) is 0 Å². The van der Waals surface area contributed by atoms with Crippen LogP contribution in [0.4, 0.5) is 0 Å². The van der Waals surface area contributed by atoms with Gasteiger partial charge in [0.25, 0.3) is 0 Å². The topological polar surface area (TPSA) is 20.2 Å². The summed E-state index contributed by atoms with van der Waals surface area (Å²) < 4.78 is 1.16. The molecule has 1 rings (SSSR count). The first kappa shape index (κ1) is 6.93. The molecular weight excluding hydrogens is 219 g/mol. The van der Waals surface area contributed by atoms with Crippen molar-refractivity contribution in [3.05, 3.63) is 29.8 Å². The Morgan fingerprint density at radius 2 is 1.78 bits per heavy atom. The number of phenols is 1. The Morgan fingerprint density at radius 1 is 1.22 bits per heavy atom. The first-order chi connectivity index (χ1) is 4.33. The Kier molecular flexibility index (Phi) is 2.39. The number of hydrogen-bond donors (Lipinski definition) is 1. The van der Waals surface area contributed by atoms with Crippen molar-refractivity contribution < 1.29 is 5.11 Å². The van der Waals surface area contributed by atoms with Crippen LogP contribution in [0.5, 0.6) is 5.75 Å². The van der Waals surface area contributed by atoms with Crippen molar-refractivity contribution in [2.75, 3.05) is 0 Å². The third kappa shape index (κ3) is 1.90. The van der Waals surface area contributed by atoms with Gasteiger partial charge in [-0.2, -0.15) is 0 Å². The van der Waals surface area contributed by atoms with Crippen molar-refractivity contribution in [1.82, 2.24) is 0 Å². The first-order valence-electron chi connectivity index (χ1n) is 2.81. The van der Waals surface area contributed by atoms with Crippen molar-refractivity contribution in [2.45, 2.75) is 4.44 Å². The Labute approximate surface area is 67.8 Å². The van der Waals surface area contributed by atoms with E-state index in [1.54, 1.807) is 12.1 Å². The molecule has 0 aliphatic rings. The fourth-order valence-corrected chi connectivity index (χ4v) is 1.41. The Bertz CT molecular complexity index is 181. The molecule has 0 unspecified atom stereocenters. The molecule has 0 atom stereocenters. The summed E-state index contributed by atoms with van der Waals surface area (Å²) in [5.41, 5.74) is 1.32. The fourth-order valence-electron chi connectivity index (χ4n) is 0.632. The summed E-state index contributed by atoms with van der Waals surface area (Å²) in [7, 11) is 0. The van der Waals surface area contributed by atoms with Crippen LogP contribution in [0.25, 0.3) is 0 Å². The Balaban J connectivity index is 2.88. The van der Waals surface area contributed by atoms with Gasteiger partial charge in [0, 0.05) is 0 Å². The summed E-state index contributed by atoms with van der Waals surface area (Å²) in [6, 6.07) is 7.37. The number of rotatable bonds is 1. The molecule has 1 N–H and O–H groups in total. The van der Waals surface area contributed by atoms with Gasteiger partial charge in [-0.1, -0.05) is 0 Å². The zero-order valence-electron chi connectivity index (χ0n) is 5.04. The van der Waals surface area contributed by atoms with E-state index in [0.29, 0.717) is 5.75 Å². The van der Waals surface area contributed by atoms with Crippen LogP contribution < -0.4 is 0 Å². The van der Waals surface area contributed by atoms with Gasteiger partial charge in [-0.3, -0.25) is 0 Å². The third-order valence-corrected chi connectivity index (χ3v) is 2.52. The third-order valence-electron chi connectivity index (χ3n) is 1.17. The van der Waals surface area contributed by atoms with E-state index in [4.69, 9.17) is 5.11 Å². The first-order valence-corrected chi connectivity index (χ1v) is 5.14. The Hall–Kier alpha value is -0.181. The summed E-state index contributed by atoms with van der Waals surface area (Å²) in [5.74, 6) is 0.354. The van der Waals surface area contributed by atoms with Crippen molar-refractivity contribution in [3.63, 3.8) is 0 Å². The maximum absolute atomic E-state index is 8.86. The summed E-state index contributed by atoms with van der Waals surface area (Å²) in [4.78, 5) is 0. The van der Waals surface area contributed by atoms with Gasteiger partial charge in [0.05, 0.1) is 0 Å². The van der Waals surface area contributed by atoms with Crippen molar-refractivity contribution >= 4 is 22.5 Å². The van der Waals surface area contributed by atoms with Gasteiger partial charge in [-0.05, 0) is 0 Å². The summed E-state index contributed by atoms with van der Waals surface area (Å²) >= 11 is 1.25. The normalized spacial score (nSPS) is 9.44. The predicted molar refractivity (Wildman–Crippen MR) is 39.0 cm³/mol. The number of phenolic OH excluding ortho intramolecular Hbond substituents is 1. The zero-order valence-corrected chi connectivity index (χ0v) is 8.34. The SMILES string of the molecule is Oc1ccc([CH2][SnH])cc1. The maximum atomic E-state index is 8.86. The molecule has 1 aromatic rings. The van der Waals surface area contributed by atoms with Crippen molar-refractivity contribution in [1.29, 1.82) is 0 Å². The molecule has 2 heteroatoms. The van der Waals surface area contributed by atoms with Gasteiger partial charge in [-0.25, -0.2) is 0 Å². The number of benzene rings is 1. The van der Waals surface area contributed by atoms with E-state index in [-0.39, 0.29) is 0 Å². The van der Waals surface area contributed by atoms with Crippen molar-refractivity contribution in [3.8, 4) is 5.75 Å². The molecule has 0 amide bonds. The standard InChI is InChI=1S/C7H7O.Sn.H/c1-6-2-4-7(8)5-3-6;;/h2-5,8H,1H2;;. The average Bonchev–Trinajstić information content (AvgIpc) is 1.90. The molecule has 0 bridgehead atoms. The molecule has 0 fully saturated rings. The van der Waals surface area contributed by atoms with Crippen LogP contribution >= 0.6 is 0 Å². The molecule has 0 aromatic heterocycles. The molecule has 0 heterocycles. The summed E-state index contributed by atoms with van der Waals surface area (Å²) in [5, 5.41) is 8.86. The molecule has 9 heavy (non-hydrogen) atoms. The Morgan fingerprint density at radius 3 is 2.22 bits per heavy atom. The molecule has 1 aromatic carbocycles. The van der Waals surface area contributed by atoms with E-state index >= 15 is 0 Å². The van der Waals surface area contributed by atoms with E-state index in [9.17, 15) is 0 Å². The monoisotopic (exact) mass is 228 g/mol. The average molecular weight is 227 g/mol. The van der Waals surface area contributed by atoms with Gasteiger partial charge >= 0.3 is 67.6 Å². The van der Waals surface area contributed by atoms with E-state index in [1.807, 2.05) is 12.1 Å². The van der Waals surface area contributed by atoms with E-state index in [1.165, 1.54) is 28.1 Å². The van der Waals surface area contributed by atoms with Gasteiger partial charge in [0.1, 0.15) is 0 Å². The summed E-state index contributed by atoms with van der Waals surface area (Å²) in [6.07, 6.45) is 0. The van der Waals surface area contributed by atoms with Crippen LogP contribution in [0.3, 0.4) is 0 Å². The van der Waals surface area contributed by atoms with Crippen LogP contribution in [0, 0.1) is 0 Å². The summed E-state index contributed by atoms with van der Waals surface area (Å²) in [6.45, 7) is 0. The number of hydrogen-bond acceptors (Lipinski definition) is 1. The molecule has 1 nitrogen and oxygen atoms in total. The molecule has 0 spiro atoms. The van der Waals surface area contributed by atoms with Crippen LogP contribution in [-0.4, -0.2) is 27.6 Å². The van der Waals surface area contributed by atoms with Gasteiger partial charge in [-0.15, -0.1) is 0 Å². The quantitative estimate of drug-likeness (QED) is 0.703. The predicted octanol–water partition coefficient (Wildman–Crippen LogP) is 0.793. The second kappa shape index (κ2) is 3.11. The number of aromatic hydroxyl groups is 1.